The molecule has 19 heavy (non-hydrogen) atoms. The van der Waals surface area contributed by atoms with E-state index in [1.165, 1.54) is 28.7 Å². The van der Waals surface area contributed by atoms with E-state index < -0.39 is 0 Å². The van der Waals surface area contributed by atoms with Gasteiger partial charge in [-0.25, -0.2) is 7.50 Å². The maximum atomic E-state index is 5.07. The summed E-state index contributed by atoms with van der Waals surface area (Å²) in [5, 5.41) is 1.17. The van der Waals surface area contributed by atoms with Crippen molar-refractivity contribution >= 4 is 46.3 Å². The molecular formula is C13H16IN3OS. The topological polar surface area (TPSA) is 30.3 Å². The first-order valence-corrected chi connectivity index (χ1v) is 7.45. The Hall–Kier alpha value is -0.570. The standard InChI is InChI=1S/C13H16IN3OS/c1-4-5-16(3)9-11-6-12-10(2)8-17(19-18-14)13(12)15-7-11/h4,6-8H,1,5,9H2,2-3H3. The number of nitrogens with zero attached hydrogens (tertiary/aromatic N) is 3. The molecule has 0 unspecified atom stereocenters. The second kappa shape index (κ2) is 6.74. The van der Waals surface area contributed by atoms with Gasteiger partial charge in [0.2, 0.25) is 0 Å². The van der Waals surface area contributed by atoms with E-state index in [9.17, 15) is 0 Å². The number of aromatic nitrogens is 2. The second-order valence-corrected chi connectivity index (χ2v) is 6.22. The maximum absolute atomic E-state index is 5.07. The highest BCUT2D eigenvalue weighted by Gasteiger charge is 2.09. The van der Waals surface area contributed by atoms with Gasteiger partial charge in [0.25, 0.3) is 0 Å². The van der Waals surface area contributed by atoms with Crippen LogP contribution >= 0.6 is 35.2 Å². The highest BCUT2D eigenvalue weighted by molar-refractivity contribution is 14.1. The first kappa shape index (κ1) is 14.8. The molecule has 0 aliphatic carbocycles. The van der Waals surface area contributed by atoms with Crippen LogP contribution in [0, 0.1) is 6.92 Å². The number of hydrogen-bond donors (Lipinski definition) is 0. The molecule has 2 heterocycles. The SMILES string of the molecule is C=CCN(C)Cc1cnc2c(c1)c(C)cn2SOI. The lowest BCUT2D eigenvalue weighted by Crippen LogP contribution is -2.17. The van der Waals surface area contributed by atoms with Crippen molar-refractivity contribution in [2.75, 3.05) is 13.6 Å². The molecule has 0 atom stereocenters. The molecule has 0 saturated heterocycles. The Morgan fingerprint density at radius 3 is 3.11 bits per heavy atom. The molecule has 0 bridgehead atoms. The van der Waals surface area contributed by atoms with Crippen LogP contribution < -0.4 is 0 Å². The summed E-state index contributed by atoms with van der Waals surface area (Å²) in [6.45, 7) is 7.58. The van der Waals surface area contributed by atoms with Gasteiger partial charge in [-0.15, -0.1) is 6.58 Å². The Balaban J connectivity index is 2.30. The van der Waals surface area contributed by atoms with Gasteiger partial charge in [0, 0.05) is 30.9 Å². The average Bonchev–Trinajstić information content (AvgIpc) is 2.67. The molecule has 0 spiro atoms. The fourth-order valence-corrected chi connectivity index (χ4v) is 3.04. The minimum absolute atomic E-state index is 0.871. The van der Waals surface area contributed by atoms with E-state index in [1.807, 2.05) is 45.4 Å². The van der Waals surface area contributed by atoms with Crippen LogP contribution in [-0.4, -0.2) is 27.4 Å². The maximum Gasteiger partial charge on any atom is 0.151 e. The number of halogens is 1. The fraction of sp³-hybridized carbons (Fsp3) is 0.308. The third-order valence-electron chi connectivity index (χ3n) is 2.87. The minimum Gasteiger partial charge on any atom is -0.298 e. The van der Waals surface area contributed by atoms with Gasteiger partial charge in [0.1, 0.15) is 35.2 Å². The number of hydrogen-bond acceptors (Lipinski definition) is 4. The Bertz CT molecular complexity index is 585. The van der Waals surface area contributed by atoms with E-state index >= 15 is 0 Å². The quantitative estimate of drug-likeness (QED) is 0.428. The molecule has 102 valence electrons. The first-order valence-electron chi connectivity index (χ1n) is 5.87. The Kier molecular flexibility index (Phi) is 5.26. The van der Waals surface area contributed by atoms with Crippen LogP contribution in [-0.2, 0) is 9.06 Å². The molecule has 0 aromatic carbocycles. The largest absolute Gasteiger partial charge is 0.298 e. The summed E-state index contributed by atoms with van der Waals surface area (Å²) >= 11 is 3.13. The normalized spacial score (nSPS) is 11.4. The van der Waals surface area contributed by atoms with Crippen LogP contribution in [0.25, 0.3) is 11.0 Å². The third-order valence-corrected chi connectivity index (χ3v) is 3.85. The zero-order valence-electron chi connectivity index (χ0n) is 11.0. The molecule has 0 aliphatic rings. The van der Waals surface area contributed by atoms with Gasteiger partial charge in [-0.3, -0.25) is 8.87 Å². The van der Waals surface area contributed by atoms with E-state index in [0.717, 1.165) is 18.7 Å². The lowest BCUT2D eigenvalue weighted by atomic mass is 10.2. The summed E-state index contributed by atoms with van der Waals surface area (Å²) in [6.07, 6.45) is 5.87. The number of rotatable bonds is 6. The molecule has 0 saturated carbocycles. The molecule has 0 N–H and O–H groups in total. The molecule has 0 radical (unpaired) electrons. The van der Waals surface area contributed by atoms with Gasteiger partial charge < -0.3 is 0 Å². The lowest BCUT2D eigenvalue weighted by molar-refractivity contribution is 0.363. The summed E-state index contributed by atoms with van der Waals surface area (Å²) in [5.41, 5.74) is 3.35. The average molecular weight is 389 g/mol. The fourth-order valence-electron chi connectivity index (χ4n) is 2.04. The zero-order chi connectivity index (χ0) is 13.8. The molecule has 6 heteroatoms. The zero-order valence-corrected chi connectivity index (χ0v) is 13.9. The van der Waals surface area contributed by atoms with Gasteiger partial charge in [-0.2, -0.15) is 0 Å². The van der Waals surface area contributed by atoms with E-state index in [2.05, 4.69) is 36.5 Å². The molecule has 2 aromatic heterocycles. The number of aryl methyl sites for hydroxylation is 1. The van der Waals surface area contributed by atoms with Crippen LogP contribution in [0.2, 0.25) is 0 Å². The van der Waals surface area contributed by atoms with E-state index in [4.69, 9.17) is 2.51 Å². The summed E-state index contributed by atoms with van der Waals surface area (Å²) in [5.74, 6) is 0. The van der Waals surface area contributed by atoms with Crippen LogP contribution in [0.1, 0.15) is 11.1 Å². The Morgan fingerprint density at radius 1 is 1.63 bits per heavy atom. The molecule has 0 aliphatic heterocycles. The predicted molar refractivity (Wildman–Crippen MR) is 89.1 cm³/mol. The molecule has 2 aromatic rings. The van der Waals surface area contributed by atoms with Crippen molar-refractivity contribution in [2.24, 2.45) is 0 Å². The van der Waals surface area contributed by atoms with Crippen molar-refractivity contribution < 1.29 is 2.51 Å². The van der Waals surface area contributed by atoms with Gasteiger partial charge in [0.15, 0.2) is 5.65 Å². The predicted octanol–water partition coefficient (Wildman–Crippen LogP) is 3.74. The lowest BCUT2D eigenvalue weighted by Gasteiger charge is -2.13. The van der Waals surface area contributed by atoms with Crippen molar-refractivity contribution in [3.63, 3.8) is 0 Å². The smallest absolute Gasteiger partial charge is 0.151 e. The van der Waals surface area contributed by atoms with Gasteiger partial charge in [-0.05, 0) is 31.2 Å². The second-order valence-electron chi connectivity index (χ2n) is 4.48. The van der Waals surface area contributed by atoms with Crippen molar-refractivity contribution in [3.05, 3.63) is 42.2 Å². The van der Waals surface area contributed by atoms with Gasteiger partial charge in [0.05, 0.1) is 0 Å². The van der Waals surface area contributed by atoms with Crippen molar-refractivity contribution in [2.45, 2.75) is 13.5 Å². The summed E-state index contributed by atoms with van der Waals surface area (Å²) in [4.78, 5) is 6.74. The van der Waals surface area contributed by atoms with Crippen molar-refractivity contribution in [1.82, 2.24) is 13.9 Å². The number of pyridine rings is 1. The molecule has 2 rings (SSSR count). The first-order chi connectivity index (χ1) is 9.15. The van der Waals surface area contributed by atoms with Crippen molar-refractivity contribution in [1.29, 1.82) is 0 Å². The summed E-state index contributed by atoms with van der Waals surface area (Å²) in [6, 6.07) is 2.20. The van der Waals surface area contributed by atoms with Crippen LogP contribution in [0.3, 0.4) is 0 Å². The molecule has 4 nitrogen and oxygen atoms in total. The highest BCUT2D eigenvalue weighted by atomic mass is 127. The number of likely N-dealkylation sites (N-methyl/N-ethyl adjacent to an activating group) is 1. The van der Waals surface area contributed by atoms with E-state index in [0.29, 0.717) is 0 Å². The summed E-state index contributed by atoms with van der Waals surface area (Å²) < 4.78 is 7.01. The third kappa shape index (κ3) is 3.50. The van der Waals surface area contributed by atoms with E-state index in [-0.39, 0.29) is 0 Å². The van der Waals surface area contributed by atoms with Crippen LogP contribution in [0.5, 0.6) is 0 Å². The monoisotopic (exact) mass is 389 g/mol. The van der Waals surface area contributed by atoms with Crippen LogP contribution in [0.4, 0.5) is 0 Å². The molecule has 0 fully saturated rings. The Labute approximate surface area is 131 Å². The van der Waals surface area contributed by atoms with Crippen molar-refractivity contribution in [3.8, 4) is 0 Å². The highest BCUT2D eigenvalue weighted by Crippen LogP contribution is 2.25. The Morgan fingerprint density at radius 2 is 2.42 bits per heavy atom. The van der Waals surface area contributed by atoms with Crippen LogP contribution in [0.15, 0.2) is 31.1 Å². The number of fused-ring (bicyclic) bond motifs is 1. The minimum atomic E-state index is 0.871. The molecular weight excluding hydrogens is 373 g/mol. The molecule has 0 amide bonds. The van der Waals surface area contributed by atoms with Gasteiger partial charge >= 0.3 is 0 Å². The van der Waals surface area contributed by atoms with Gasteiger partial charge in [-0.1, -0.05) is 6.08 Å². The van der Waals surface area contributed by atoms with E-state index in [1.54, 1.807) is 0 Å². The summed E-state index contributed by atoms with van der Waals surface area (Å²) in [7, 11) is 2.07.